The van der Waals surface area contributed by atoms with E-state index in [9.17, 15) is 10.1 Å². The molecule has 8 heteroatoms. The van der Waals surface area contributed by atoms with Gasteiger partial charge in [0.25, 0.3) is 5.69 Å². The molecule has 2 aromatic rings. The maximum Gasteiger partial charge on any atom is 0.269 e. The molecule has 0 fully saturated rings. The third-order valence-electron chi connectivity index (χ3n) is 3.96. The standard InChI is InChI=1S/C19H25N5O2.HI/c1-20-19(23-15-12-17-7-3-5-13-21-17)22-14-4-2-6-16-8-10-18(11-9-16)24(25)26;/h3,5,7-11,13H,2,4,6,12,14-15H2,1H3,(H2,20,22,23);1H. The Hall–Kier alpha value is -2.23. The fraction of sp³-hybridized carbons (Fsp3) is 0.368. The number of aromatic nitrogens is 1. The van der Waals surface area contributed by atoms with Crippen molar-refractivity contribution in [2.24, 2.45) is 4.99 Å². The second-order valence-electron chi connectivity index (χ2n) is 5.88. The Labute approximate surface area is 176 Å². The molecule has 0 unspecified atom stereocenters. The number of nitro benzene ring substituents is 1. The first-order valence-electron chi connectivity index (χ1n) is 8.77. The number of guanidine groups is 1. The van der Waals surface area contributed by atoms with Crippen LogP contribution in [0.2, 0.25) is 0 Å². The van der Waals surface area contributed by atoms with E-state index in [2.05, 4.69) is 20.6 Å². The number of hydrogen-bond acceptors (Lipinski definition) is 4. The highest BCUT2D eigenvalue weighted by atomic mass is 127. The van der Waals surface area contributed by atoms with Crippen LogP contribution in [0.1, 0.15) is 24.1 Å². The van der Waals surface area contributed by atoms with Crippen LogP contribution in [0, 0.1) is 10.1 Å². The van der Waals surface area contributed by atoms with Crippen molar-refractivity contribution in [3.63, 3.8) is 0 Å². The molecule has 2 N–H and O–H groups in total. The van der Waals surface area contributed by atoms with Crippen molar-refractivity contribution in [3.05, 3.63) is 70.0 Å². The second kappa shape index (κ2) is 13.0. The Kier molecular flexibility index (Phi) is 11.0. The molecule has 1 aromatic carbocycles. The summed E-state index contributed by atoms with van der Waals surface area (Å²) in [6, 6.07) is 12.7. The van der Waals surface area contributed by atoms with Gasteiger partial charge in [0.2, 0.25) is 0 Å². The van der Waals surface area contributed by atoms with Crippen molar-refractivity contribution in [2.75, 3.05) is 20.1 Å². The zero-order valence-corrected chi connectivity index (χ0v) is 17.8. The van der Waals surface area contributed by atoms with E-state index >= 15 is 0 Å². The van der Waals surface area contributed by atoms with Crippen molar-refractivity contribution in [2.45, 2.75) is 25.7 Å². The normalized spacial score (nSPS) is 10.8. The van der Waals surface area contributed by atoms with Gasteiger partial charge in [-0.3, -0.25) is 20.1 Å². The van der Waals surface area contributed by atoms with E-state index in [-0.39, 0.29) is 34.6 Å². The number of nitrogens with one attached hydrogen (secondary N) is 2. The third-order valence-corrected chi connectivity index (χ3v) is 3.96. The molecule has 0 saturated carbocycles. The summed E-state index contributed by atoms with van der Waals surface area (Å²) in [6.45, 7) is 1.61. The van der Waals surface area contributed by atoms with Crippen LogP contribution in [0.5, 0.6) is 0 Å². The van der Waals surface area contributed by atoms with Gasteiger partial charge in [-0.1, -0.05) is 18.2 Å². The molecule has 0 aliphatic rings. The molecule has 0 bridgehead atoms. The van der Waals surface area contributed by atoms with Crippen molar-refractivity contribution in [3.8, 4) is 0 Å². The van der Waals surface area contributed by atoms with Crippen LogP contribution in [0.15, 0.2) is 53.7 Å². The maximum absolute atomic E-state index is 10.6. The lowest BCUT2D eigenvalue weighted by Gasteiger charge is -2.11. The number of nitro groups is 1. The highest BCUT2D eigenvalue weighted by molar-refractivity contribution is 14.0. The lowest BCUT2D eigenvalue weighted by atomic mass is 10.1. The van der Waals surface area contributed by atoms with Gasteiger partial charge in [0.15, 0.2) is 5.96 Å². The quantitative estimate of drug-likeness (QED) is 0.143. The Balaban J connectivity index is 0.00000364. The molecular formula is C19H26IN5O2. The minimum absolute atomic E-state index is 0. The monoisotopic (exact) mass is 483 g/mol. The van der Waals surface area contributed by atoms with Crippen LogP contribution in [0.3, 0.4) is 0 Å². The Morgan fingerprint density at radius 1 is 1.07 bits per heavy atom. The summed E-state index contributed by atoms with van der Waals surface area (Å²) in [5.41, 5.74) is 2.31. The van der Waals surface area contributed by atoms with Gasteiger partial charge in [-0.25, -0.2) is 0 Å². The van der Waals surface area contributed by atoms with E-state index in [0.29, 0.717) is 0 Å². The zero-order valence-electron chi connectivity index (χ0n) is 15.4. The summed E-state index contributed by atoms with van der Waals surface area (Å²) in [6.07, 6.45) is 5.56. The van der Waals surface area contributed by atoms with Crippen molar-refractivity contribution >= 4 is 35.6 Å². The van der Waals surface area contributed by atoms with Gasteiger partial charge < -0.3 is 10.6 Å². The lowest BCUT2D eigenvalue weighted by Crippen LogP contribution is -2.38. The number of halogens is 1. The Morgan fingerprint density at radius 3 is 2.44 bits per heavy atom. The smallest absolute Gasteiger partial charge is 0.269 e. The van der Waals surface area contributed by atoms with E-state index < -0.39 is 0 Å². The maximum atomic E-state index is 10.6. The van der Waals surface area contributed by atoms with Gasteiger partial charge in [-0.05, 0) is 37.0 Å². The molecule has 2 rings (SSSR count). The van der Waals surface area contributed by atoms with Crippen LogP contribution >= 0.6 is 24.0 Å². The fourth-order valence-electron chi connectivity index (χ4n) is 2.52. The van der Waals surface area contributed by atoms with Gasteiger partial charge in [0.05, 0.1) is 4.92 Å². The molecule has 27 heavy (non-hydrogen) atoms. The number of non-ortho nitro benzene ring substituents is 1. The van der Waals surface area contributed by atoms with Gasteiger partial charge in [0.1, 0.15) is 0 Å². The number of aliphatic imine (C=N–C) groups is 1. The van der Waals surface area contributed by atoms with Gasteiger partial charge in [-0.15, -0.1) is 24.0 Å². The van der Waals surface area contributed by atoms with Crippen LogP contribution in [-0.2, 0) is 12.8 Å². The number of hydrogen-bond donors (Lipinski definition) is 2. The van der Waals surface area contributed by atoms with Crippen LogP contribution < -0.4 is 10.6 Å². The highest BCUT2D eigenvalue weighted by Gasteiger charge is 2.04. The summed E-state index contributed by atoms with van der Waals surface area (Å²) < 4.78 is 0. The molecule has 7 nitrogen and oxygen atoms in total. The average Bonchev–Trinajstić information content (AvgIpc) is 2.67. The number of nitrogens with zero attached hydrogens (tertiary/aromatic N) is 3. The molecule has 0 amide bonds. The summed E-state index contributed by atoms with van der Waals surface area (Å²) in [5, 5.41) is 17.2. The Morgan fingerprint density at radius 2 is 1.81 bits per heavy atom. The SMILES string of the molecule is CN=C(NCCCCc1ccc([N+](=O)[O-])cc1)NCCc1ccccn1.I. The number of pyridine rings is 1. The van der Waals surface area contributed by atoms with E-state index in [1.54, 1.807) is 25.4 Å². The summed E-state index contributed by atoms with van der Waals surface area (Å²) >= 11 is 0. The molecule has 0 atom stereocenters. The molecule has 1 aromatic heterocycles. The Bertz CT molecular complexity index is 708. The van der Waals surface area contributed by atoms with Crippen LogP contribution in [0.4, 0.5) is 5.69 Å². The molecule has 1 heterocycles. The third kappa shape index (κ3) is 8.80. The van der Waals surface area contributed by atoms with E-state index in [1.807, 2.05) is 30.3 Å². The second-order valence-corrected chi connectivity index (χ2v) is 5.88. The van der Waals surface area contributed by atoms with Crippen molar-refractivity contribution < 1.29 is 4.92 Å². The average molecular weight is 483 g/mol. The molecule has 0 aliphatic heterocycles. The fourth-order valence-corrected chi connectivity index (χ4v) is 2.52. The summed E-state index contributed by atoms with van der Waals surface area (Å²) in [5.74, 6) is 0.788. The molecule has 0 radical (unpaired) electrons. The number of unbranched alkanes of at least 4 members (excludes halogenated alkanes) is 1. The van der Waals surface area contributed by atoms with Crippen LogP contribution in [-0.4, -0.2) is 36.0 Å². The zero-order chi connectivity index (χ0) is 18.6. The van der Waals surface area contributed by atoms with E-state index in [0.717, 1.165) is 56.0 Å². The summed E-state index contributed by atoms with van der Waals surface area (Å²) in [4.78, 5) is 18.8. The number of rotatable bonds is 9. The molecular weight excluding hydrogens is 457 g/mol. The van der Waals surface area contributed by atoms with Gasteiger partial charge in [-0.2, -0.15) is 0 Å². The minimum atomic E-state index is -0.375. The number of benzene rings is 1. The molecule has 0 saturated heterocycles. The summed E-state index contributed by atoms with van der Waals surface area (Å²) in [7, 11) is 1.76. The highest BCUT2D eigenvalue weighted by Crippen LogP contribution is 2.13. The largest absolute Gasteiger partial charge is 0.356 e. The predicted molar refractivity (Wildman–Crippen MR) is 119 cm³/mol. The minimum Gasteiger partial charge on any atom is -0.356 e. The van der Waals surface area contributed by atoms with Crippen molar-refractivity contribution in [1.29, 1.82) is 0 Å². The molecule has 0 spiro atoms. The molecule has 146 valence electrons. The first-order valence-corrected chi connectivity index (χ1v) is 8.77. The van der Waals surface area contributed by atoms with Gasteiger partial charge in [0, 0.05) is 50.6 Å². The van der Waals surface area contributed by atoms with Crippen molar-refractivity contribution in [1.82, 2.24) is 15.6 Å². The van der Waals surface area contributed by atoms with Gasteiger partial charge >= 0.3 is 0 Å². The lowest BCUT2D eigenvalue weighted by molar-refractivity contribution is -0.384. The molecule has 0 aliphatic carbocycles. The number of aryl methyl sites for hydroxylation is 1. The first kappa shape index (κ1) is 22.8. The predicted octanol–water partition coefficient (Wildman–Crippen LogP) is 3.34. The van der Waals surface area contributed by atoms with E-state index in [4.69, 9.17) is 0 Å². The topological polar surface area (TPSA) is 92.5 Å². The van der Waals surface area contributed by atoms with E-state index in [1.165, 1.54) is 0 Å². The first-order chi connectivity index (χ1) is 12.7. The van der Waals surface area contributed by atoms with Crippen LogP contribution in [0.25, 0.3) is 0 Å².